The lowest BCUT2D eigenvalue weighted by Crippen LogP contribution is -2.53. The number of hydrogen-bond donors (Lipinski definition) is 2. The molecule has 0 saturated carbocycles. The van der Waals surface area contributed by atoms with Crippen molar-refractivity contribution in [3.63, 3.8) is 0 Å². The molecule has 0 spiro atoms. The van der Waals surface area contributed by atoms with Gasteiger partial charge in [-0.2, -0.15) is 0 Å². The van der Waals surface area contributed by atoms with Gasteiger partial charge in [0.25, 0.3) is 5.91 Å². The number of para-hydroxylation sites is 1. The van der Waals surface area contributed by atoms with E-state index >= 15 is 0 Å². The Morgan fingerprint density at radius 2 is 1.68 bits per heavy atom. The molecule has 2 unspecified atom stereocenters. The van der Waals surface area contributed by atoms with E-state index in [9.17, 15) is 14.4 Å². The molecule has 3 amide bonds. The standard InChI is InChI=1S/C31H41N3O4/c1-9-19-34(29(36)26(20-21(3)4)33-30(37)38-31(6,7)8)27(24-17-15-23(10-2)16-18-24)28(35)32-25-14-12-11-13-22(25)5/h2,11-18,21,26-27H,9,19-20H2,1,3-8H3,(H,32,35)(H,33,37). The van der Waals surface area contributed by atoms with Gasteiger partial charge in [-0.05, 0) is 75.8 Å². The molecule has 2 N–H and O–H groups in total. The number of nitrogens with zero attached hydrogens (tertiary/aromatic N) is 1. The van der Waals surface area contributed by atoms with Crippen molar-refractivity contribution in [2.24, 2.45) is 5.92 Å². The van der Waals surface area contributed by atoms with Gasteiger partial charge < -0.3 is 20.3 Å². The minimum absolute atomic E-state index is 0.108. The third-order valence-electron chi connectivity index (χ3n) is 5.80. The fourth-order valence-electron chi connectivity index (χ4n) is 4.10. The van der Waals surface area contributed by atoms with E-state index in [0.717, 1.165) is 5.56 Å². The molecule has 0 saturated heterocycles. The fraction of sp³-hybridized carbons (Fsp3) is 0.452. The van der Waals surface area contributed by atoms with Crippen LogP contribution in [0.15, 0.2) is 48.5 Å². The second-order valence-corrected chi connectivity index (χ2v) is 10.8. The van der Waals surface area contributed by atoms with E-state index in [1.807, 2.05) is 52.0 Å². The van der Waals surface area contributed by atoms with E-state index in [1.165, 1.54) is 0 Å². The summed E-state index contributed by atoms with van der Waals surface area (Å²) in [4.78, 5) is 42.1. The zero-order valence-corrected chi connectivity index (χ0v) is 23.6. The minimum Gasteiger partial charge on any atom is -0.444 e. The van der Waals surface area contributed by atoms with E-state index in [4.69, 9.17) is 11.2 Å². The molecular formula is C31H41N3O4. The summed E-state index contributed by atoms with van der Waals surface area (Å²) >= 11 is 0. The maximum atomic E-state index is 14.1. The Labute approximate surface area is 227 Å². The van der Waals surface area contributed by atoms with Crippen molar-refractivity contribution in [3.8, 4) is 12.3 Å². The van der Waals surface area contributed by atoms with Crippen LogP contribution in [-0.4, -0.2) is 41.0 Å². The van der Waals surface area contributed by atoms with Crippen LogP contribution in [0.3, 0.4) is 0 Å². The molecule has 2 rings (SSSR count). The molecule has 38 heavy (non-hydrogen) atoms. The lowest BCUT2D eigenvalue weighted by atomic mass is 9.98. The lowest BCUT2D eigenvalue weighted by molar-refractivity contribution is -0.141. The number of anilines is 1. The summed E-state index contributed by atoms with van der Waals surface area (Å²) in [6.07, 6.45) is 5.87. The van der Waals surface area contributed by atoms with Crippen molar-refractivity contribution in [3.05, 3.63) is 65.2 Å². The average molecular weight is 520 g/mol. The van der Waals surface area contributed by atoms with Gasteiger partial charge in [0.15, 0.2) is 0 Å². The fourth-order valence-corrected chi connectivity index (χ4v) is 4.10. The number of benzene rings is 2. The van der Waals surface area contributed by atoms with Crippen molar-refractivity contribution in [1.29, 1.82) is 0 Å². The van der Waals surface area contributed by atoms with Crippen LogP contribution in [0.2, 0.25) is 0 Å². The van der Waals surface area contributed by atoms with E-state index < -0.39 is 23.8 Å². The number of alkyl carbamates (subject to hydrolysis) is 1. The van der Waals surface area contributed by atoms with Crippen LogP contribution >= 0.6 is 0 Å². The maximum absolute atomic E-state index is 14.1. The van der Waals surface area contributed by atoms with Gasteiger partial charge in [-0.1, -0.05) is 57.0 Å². The first-order valence-electron chi connectivity index (χ1n) is 13.1. The normalized spacial score (nSPS) is 12.7. The number of rotatable bonds is 10. The third kappa shape index (κ3) is 8.95. The summed E-state index contributed by atoms with van der Waals surface area (Å²) in [5, 5.41) is 5.75. The van der Waals surface area contributed by atoms with Gasteiger partial charge in [0.05, 0.1) is 0 Å². The Hall–Kier alpha value is -3.79. The summed E-state index contributed by atoms with van der Waals surface area (Å²) < 4.78 is 5.43. The van der Waals surface area contributed by atoms with Gasteiger partial charge >= 0.3 is 6.09 Å². The Morgan fingerprint density at radius 3 is 2.21 bits per heavy atom. The summed E-state index contributed by atoms with van der Waals surface area (Å²) in [6, 6.07) is 12.7. The molecule has 7 nitrogen and oxygen atoms in total. The molecule has 2 aromatic rings. The number of hydrogen-bond acceptors (Lipinski definition) is 4. The van der Waals surface area contributed by atoms with Crippen LogP contribution in [0.1, 0.15) is 77.1 Å². The highest BCUT2D eigenvalue weighted by Crippen LogP contribution is 2.27. The Kier molecular flexibility index (Phi) is 10.9. The molecule has 204 valence electrons. The van der Waals surface area contributed by atoms with Crippen LogP contribution in [0, 0.1) is 25.2 Å². The molecule has 0 bridgehead atoms. The number of carbonyl (C=O) groups excluding carboxylic acids is 3. The molecule has 0 heterocycles. The monoisotopic (exact) mass is 519 g/mol. The lowest BCUT2D eigenvalue weighted by Gasteiger charge is -2.35. The van der Waals surface area contributed by atoms with E-state index in [2.05, 4.69) is 16.6 Å². The van der Waals surface area contributed by atoms with Gasteiger partial charge in [-0.15, -0.1) is 6.42 Å². The Bertz CT molecular complexity index is 1140. The summed E-state index contributed by atoms with van der Waals surface area (Å²) in [5.41, 5.74) is 2.15. The maximum Gasteiger partial charge on any atom is 0.408 e. The molecule has 0 aliphatic rings. The van der Waals surface area contributed by atoms with Crippen molar-refractivity contribution in [1.82, 2.24) is 10.2 Å². The van der Waals surface area contributed by atoms with Gasteiger partial charge in [-0.25, -0.2) is 4.79 Å². The molecule has 0 aliphatic carbocycles. The van der Waals surface area contributed by atoms with Crippen molar-refractivity contribution >= 4 is 23.6 Å². The first-order chi connectivity index (χ1) is 17.9. The average Bonchev–Trinajstić information content (AvgIpc) is 2.83. The number of terminal acetylenes is 1. The van der Waals surface area contributed by atoms with Crippen molar-refractivity contribution in [2.75, 3.05) is 11.9 Å². The molecule has 2 atom stereocenters. The molecule has 0 fully saturated rings. The number of carbonyl (C=O) groups is 3. The van der Waals surface area contributed by atoms with Crippen LogP contribution in [-0.2, 0) is 14.3 Å². The number of aryl methyl sites for hydroxylation is 1. The predicted molar refractivity (Wildman–Crippen MR) is 152 cm³/mol. The first-order valence-corrected chi connectivity index (χ1v) is 13.1. The van der Waals surface area contributed by atoms with Crippen LogP contribution in [0.5, 0.6) is 0 Å². The largest absolute Gasteiger partial charge is 0.444 e. The van der Waals surface area contributed by atoms with Gasteiger partial charge in [-0.3, -0.25) is 9.59 Å². The van der Waals surface area contributed by atoms with Gasteiger partial charge in [0.1, 0.15) is 17.7 Å². The summed E-state index contributed by atoms with van der Waals surface area (Å²) in [5.74, 6) is 1.99. The van der Waals surface area contributed by atoms with Gasteiger partial charge in [0, 0.05) is 17.8 Å². The first kappa shape index (κ1) is 30.4. The Morgan fingerprint density at radius 1 is 1.05 bits per heavy atom. The number of ether oxygens (including phenoxy) is 1. The van der Waals surface area contributed by atoms with Gasteiger partial charge in [0.2, 0.25) is 5.91 Å². The number of nitrogens with one attached hydrogen (secondary N) is 2. The molecule has 7 heteroatoms. The number of amides is 3. The van der Waals surface area contributed by atoms with E-state index in [-0.39, 0.29) is 17.7 Å². The second-order valence-electron chi connectivity index (χ2n) is 10.8. The highest BCUT2D eigenvalue weighted by atomic mass is 16.6. The van der Waals surface area contributed by atoms with Crippen LogP contribution in [0.4, 0.5) is 10.5 Å². The van der Waals surface area contributed by atoms with E-state index in [0.29, 0.717) is 36.2 Å². The SMILES string of the molecule is C#Cc1ccc(C(C(=O)Nc2ccccc2C)N(CCC)C(=O)C(CC(C)C)NC(=O)OC(C)(C)C)cc1. The molecule has 0 aliphatic heterocycles. The Balaban J connectivity index is 2.52. The molecular weight excluding hydrogens is 478 g/mol. The highest BCUT2D eigenvalue weighted by Gasteiger charge is 2.36. The highest BCUT2D eigenvalue weighted by molar-refractivity contribution is 5.99. The quantitative estimate of drug-likeness (QED) is 0.387. The third-order valence-corrected chi connectivity index (χ3v) is 5.80. The minimum atomic E-state index is -0.941. The summed E-state index contributed by atoms with van der Waals surface area (Å²) in [7, 11) is 0. The van der Waals surface area contributed by atoms with E-state index in [1.54, 1.807) is 49.9 Å². The van der Waals surface area contributed by atoms with Crippen LogP contribution in [0.25, 0.3) is 0 Å². The summed E-state index contributed by atoms with van der Waals surface area (Å²) in [6.45, 7) is 13.4. The molecule has 0 radical (unpaired) electrons. The molecule has 2 aromatic carbocycles. The zero-order valence-electron chi connectivity index (χ0n) is 23.6. The van der Waals surface area contributed by atoms with Crippen molar-refractivity contribution < 1.29 is 19.1 Å². The van der Waals surface area contributed by atoms with Crippen molar-refractivity contribution in [2.45, 2.75) is 79.0 Å². The second kappa shape index (κ2) is 13.7. The smallest absolute Gasteiger partial charge is 0.408 e. The molecule has 0 aromatic heterocycles. The zero-order chi connectivity index (χ0) is 28.5. The predicted octanol–water partition coefficient (Wildman–Crippen LogP) is 5.83. The topological polar surface area (TPSA) is 87.7 Å². The van der Waals surface area contributed by atoms with Crippen LogP contribution < -0.4 is 10.6 Å².